The van der Waals surface area contributed by atoms with E-state index in [1.54, 1.807) is 0 Å². The van der Waals surface area contributed by atoms with Crippen molar-refractivity contribution in [1.29, 1.82) is 0 Å². The number of carbonyl (C=O) groups is 2. The fraction of sp³-hybridized carbons (Fsp3) is 0.600. The van der Waals surface area contributed by atoms with Crippen molar-refractivity contribution in [1.82, 2.24) is 0 Å². The molecule has 10 heavy (non-hydrogen) atoms. The third-order valence-electron chi connectivity index (χ3n) is 0.498. The standard InChI is InChI=1S/C5H8O2.2H2O.Rh/c1-4(6)3-5(2)7;;;/h3H2,1-2H3;2*1H2;/q;;;+2/p-2. The SMILES string of the molecule is CC(=O)CC(C)=O.[OH][Rh][OH]. The first-order chi connectivity index (χ1) is 4.54. The van der Waals surface area contributed by atoms with E-state index in [1.807, 2.05) is 0 Å². The van der Waals surface area contributed by atoms with Crippen LogP contribution in [0.5, 0.6) is 0 Å². The zero-order chi connectivity index (χ0) is 8.57. The van der Waals surface area contributed by atoms with Gasteiger partial charge in [-0.1, -0.05) is 0 Å². The van der Waals surface area contributed by atoms with Gasteiger partial charge in [0.05, 0.1) is 6.42 Å². The first-order valence-corrected chi connectivity index (χ1v) is 3.88. The second-order valence-corrected chi connectivity index (χ2v) is 1.98. The zero-order valence-corrected chi connectivity index (χ0v) is 7.39. The van der Waals surface area contributed by atoms with Crippen LogP contribution in [0.15, 0.2) is 0 Å². The van der Waals surface area contributed by atoms with E-state index in [9.17, 15) is 9.59 Å². The fourth-order valence-corrected chi connectivity index (χ4v) is 0.351. The van der Waals surface area contributed by atoms with Crippen LogP contribution in [0.4, 0.5) is 0 Å². The molecule has 2 N–H and O–H groups in total. The number of hydrogen-bond acceptors (Lipinski definition) is 4. The van der Waals surface area contributed by atoms with Crippen LogP contribution >= 0.6 is 0 Å². The van der Waals surface area contributed by atoms with Gasteiger partial charge in [-0.3, -0.25) is 9.59 Å². The van der Waals surface area contributed by atoms with Gasteiger partial charge in [-0.25, -0.2) is 0 Å². The Morgan fingerprint density at radius 3 is 1.40 bits per heavy atom. The van der Waals surface area contributed by atoms with Crippen molar-refractivity contribution in [3.05, 3.63) is 0 Å². The van der Waals surface area contributed by atoms with Crippen LogP contribution in [-0.4, -0.2) is 19.4 Å². The summed E-state index contributed by atoms with van der Waals surface area (Å²) in [6.07, 6.45) is 0.0833. The maximum absolute atomic E-state index is 10.0. The van der Waals surface area contributed by atoms with Gasteiger partial charge in [-0.15, -0.1) is 0 Å². The number of Topliss-reactive ketones (excluding diaryl/α,β-unsaturated/α-hetero) is 2. The average molecular weight is 237 g/mol. The third kappa shape index (κ3) is 24.8. The molecule has 0 rings (SSSR count). The minimum atomic E-state index is -1.17. The van der Waals surface area contributed by atoms with Gasteiger partial charge in [0.25, 0.3) is 0 Å². The molecule has 0 aromatic rings. The molecule has 0 spiro atoms. The predicted molar refractivity (Wildman–Crippen MR) is 30.4 cm³/mol. The van der Waals surface area contributed by atoms with Crippen molar-refractivity contribution >= 4 is 11.6 Å². The van der Waals surface area contributed by atoms with E-state index in [0.29, 0.717) is 0 Å². The van der Waals surface area contributed by atoms with Crippen LogP contribution < -0.4 is 0 Å². The second-order valence-electron chi connectivity index (χ2n) is 1.65. The molecule has 0 aliphatic carbocycles. The van der Waals surface area contributed by atoms with Gasteiger partial charge < -0.3 is 0 Å². The Morgan fingerprint density at radius 1 is 1.20 bits per heavy atom. The van der Waals surface area contributed by atoms with Gasteiger partial charge in [0.15, 0.2) is 0 Å². The summed E-state index contributed by atoms with van der Waals surface area (Å²) < 4.78 is 14.4. The van der Waals surface area contributed by atoms with Crippen LogP contribution in [0.3, 0.4) is 0 Å². The summed E-state index contributed by atoms with van der Waals surface area (Å²) in [6.45, 7) is 2.81. The van der Waals surface area contributed by atoms with Crippen LogP contribution in [0.1, 0.15) is 20.3 Å². The van der Waals surface area contributed by atoms with Crippen molar-refractivity contribution in [3.63, 3.8) is 0 Å². The molecular weight excluding hydrogens is 227 g/mol. The fourth-order valence-electron chi connectivity index (χ4n) is 0.351. The Labute approximate surface area is 67.6 Å². The van der Waals surface area contributed by atoms with Gasteiger partial charge in [0.1, 0.15) is 11.6 Å². The molecule has 4 nitrogen and oxygen atoms in total. The van der Waals surface area contributed by atoms with Crippen LogP contribution in [0.2, 0.25) is 0 Å². The molecule has 0 fully saturated rings. The van der Waals surface area contributed by atoms with E-state index < -0.39 is 17.8 Å². The normalized spacial score (nSPS) is 8.00. The van der Waals surface area contributed by atoms with Gasteiger partial charge in [-0.05, 0) is 13.8 Å². The molecule has 0 aliphatic heterocycles. The number of rotatable bonds is 2. The molecule has 63 valence electrons. The van der Waals surface area contributed by atoms with Crippen molar-refractivity contribution < 1.29 is 35.3 Å². The Morgan fingerprint density at radius 2 is 1.40 bits per heavy atom. The molecule has 0 unspecified atom stereocenters. The van der Waals surface area contributed by atoms with Crippen molar-refractivity contribution in [2.24, 2.45) is 0 Å². The molecule has 0 saturated heterocycles. The summed E-state index contributed by atoms with van der Waals surface area (Å²) in [5, 5.41) is 0. The van der Waals surface area contributed by atoms with Gasteiger partial charge in [0.2, 0.25) is 0 Å². The summed E-state index contributed by atoms with van der Waals surface area (Å²) in [6, 6.07) is 0. The summed E-state index contributed by atoms with van der Waals surface area (Å²) in [5.41, 5.74) is 0. The molecule has 0 amide bonds. The second kappa shape index (κ2) is 8.88. The Bertz CT molecular complexity index is 100. The van der Waals surface area contributed by atoms with Gasteiger partial charge in [-0.2, -0.15) is 0 Å². The Kier molecular flexibility index (Phi) is 11.1. The summed E-state index contributed by atoms with van der Waals surface area (Å²) >= 11 is -1.17. The zero-order valence-electron chi connectivity index (χ0n) is 5.75. The van der Waals surface area contributed by atoms with E-state index in [2.05, 4.69) is 0 Å². The number of carbonyl (C=O) groups excluding carboxylic acids is 2. The molecule has 0 aromatic heterocycles. The molecule has 0 aliphatic rings. The molecule has 0 radical (unpaired) electrons. The third-order valence-corrected chi connectivity index (χ3v) is 0.498. The van der Waals surface area contributed by atoms with Crippen LogP contribution in [0.25, 0.3) is 0 Å². The van der Waals surface area contributed by atoms with E-state index in [0.717, 1.165) is 0 Å². The average Bonchev–Trinajstić information content (AvgIpc) is 1.62. The van der Waals surface area contributed by atoms with E-state index in [1.165, 1.54) is 13.8 Å². The van der Waals surface area contributed by atoms with Gasteiger partial charge >= 0.3 is 25.7 Å². The maximum atomic E-state index is 10.0. The molecule has 5 heteroatoms. The molecular formula is C5H10O4Rh. The van der Waals surface area contributed by atoms with Crippen molar-refractivity contribution in [2.45, 2.75) is 20.3 Å². The predicted octanol–water partition coefficient (Wildman–Crippen LogP) is -0.562. The Balaban J connectivity index is 0. The van der Waals surface area contributed by atoms with E-state index in [4.69, 9.17) is 7.87 Å². The van der Waals surface area contributed by atoms with Crippen LogP contribution in [0, 0.1) is 0 Å². The summed E-state index contributed by atoms with van der Waals surface area (Å²) in [7, 11) is 0. The Hall–Kier alpha value is -0.117. The number of hydrogen-bond donors (Lipinski definition) is 2. The minimum absolute atomic E-state index is 0.0625. The number of ketones is 2. The molecule has 0 aromatic carbocycles. The van der Waals surface area contributed by atoms with E-state index in [-0.39, 0.29) is 18.0 Å². The van der Waals surface area contributed by atoms with E-state index >= 15 is 0 Å². The first kappa shape index (κ1) is 12.5. The molecule has 0 bridgehead atoms. The summed E-state index contributed by atoms with van der Waals surface area (Å²) in [5.74, 6) is -0.125. The molecule has 0 saturated carbocycles. The van der Waals surface area contributed by atoms with Crippen molar-refractivity contribution in [3.8, 4) is 0 Å². The quantitative estimate of drug-likeness (QED) is 0.498. The monoisotopic (exact) mass is 237 g/mol. The van der Waals surface area contributed by atoms with Crippen LogP contribution in [-0.2, 0) is 27.4 Å². The molecule has 0 atom stereocenters. The molecule has 0 heterocycles. The first-order valence-electron chi connectivity index (χ1n) is 2.41. The summed E-state index contributed by atoms with van der Waals surface area (Å²) in [4.78, 5) is 20.1. The van der Waals surface area contributed by atoms with Crippen molar-refractivity contribution in [2.75, 3.05) is 0 Å². The van der Waals surface area contributed by atoms with Gasteiger partial charge in [0, 0.05) is 0 Å². The topological polar surface area (TPSA) is 74.6 Å².